The zero-order valence-electron chi connectivity index (χ0n) is 14.5. The Labute approximate surface area is 150 Å². The molecule has 3 heterocycles. The molecular weight excluding hydrogens is 328 g/mol. The number of nitrogens with zero attached hydrogens (tertiary/aromatic N) is 3. The largest absolute Gasteiger partial charge is 0.459 e. The number of benzene rings is 1. The summed E-state index contributed by atoms with van der Waals surface area (Å²) in [7, 11) is 1.81. The van der Waals surface area contributed by atoms with Crippen molar-refractivity contribution < 1.29 is 9.21 Å². The van der Waals surface area contributed by atoms with Crippen molar-refractivity contribution in [3.8, 4) is 0 Å². The minimum Gasteiger partial charge on any atom is -0.459 e. The topological polar surface area (TPSA) is 73.0 Å². The van der Waals surface area contributed by atoms with E-state index in [1.165, 1.54) is 0 Å². The number of furan rings is 1. The summed E-state index contributed by atoms with van der Waals surface area (Å²) in [5.41, 5.74) is 2.97. The third-order valence-corrected chi connectivity index (χ3v) is 4.50. The average Bonchev–Trinajstić information content (AvgIpc) is 3.24. The van der Waals surface area contributed by atoms with Crippen molar-refractivity contribution in [2.75, 3.05) is 0 Å². The molecule has 0 bridgehead atoms. The first-order chi connectivity index (χ1) is 12.6. The van der Waals surface area contributed by atoms with Gasteiger partial charge in [0.15, 0.2) is 0 Å². The third kappa shape index (κ3) is 2.86. The fraction of sp³-hybridized carbons (Fsp3) is 0.150. The van der Waals surface area contributed by atoms with E-state index in [1.54, 1.807) is 23.3 Å². The lowest BCUT2D eigenvalue weighted by molar-refractivity contribution is 0.0938. The Hall–Kier alpha value is -3.41. The van der Waals surface area contributed by atoms with E-state index >= 15 is 0 Å². The Kier molecular flexibility index (Phi) is 4.01. The second-order valence-corrected chi connectivity index (χ2v) is 6.15. The number of aryl methyl sites for hydroxylation is 1. The summed E-state index contributed by atoms with van der Waals surface area (Å²) in [4.78, 5) is 17.0. The van der Waals surface area contributed by atoms with Crippen molar-refractivity contribution in [1.82, 2.24) is 20.1 Å². The number of amides is 1. The van der Waals surface area contributed by atoms with Crippen LogP contribution in [0.5, 0.6) is 0 Å². The number of hydrogen-bond acceptors (Lipinski definition) is 4. The first-order valence-electron chi connectivity index (χ1n) is 8.31. The summed E-state index contributed by atoms with van der Waals surface area (Å²) >= 11 is 0. The summed E-state index contributed by atoms with van der Waals surface area (Å²) in [5, 5.41) is 8.19. The lowest BCUT2D eigenvalue weighted by Gasteiger charge is -2.16. The van der Waals surface area contributed by atoms with E-state index in [2.05, 4.69) is 15.4 Å². The maximum absolute atomic E-state index is 12.8. The molecule has 0 radical (unpaired) electrons. The standard InChI is InChI=1S/C20H18N4O2/c1-13-16(12-22-24(13)2)20(25)23-19(15-7-5-9-21-11-15)18-10-14-6-3-4-8-17(14)26-18/h3-12,19H,1-2H3,(H,23,25). The molecule has 1 amide bonds. The van der Waals surface area contributed by atoms with Gasteiger partial charge in [-0.05, 0) is 25.1 Å². The Morgan fingerprint density at radius 3 is 2.73 bits per heavy atom. The first kappa shape index (κ1) is 16.1. The molecule has 1 atom stereocenters. The molecule has 6 nitrogen and oxygen atoms in total. The summed E-state index contributed by atoms with van der Waals surface area (Å²) in [6.45, 7) is 1.86. The maximum Gasteiger partial charge on any atom is 0.255 e. The number of rotatable bonds is 4. The molecule has 0 saturated carbocycles. The van der Waals surface area contributed by atoms with E-state index in [9.17, 15) is 4.79 Å². The molecule has 4 rings (SSSR count). The second kappa shape index (κ2) is 6.48. The molecule has 4 aromatic rings. The number of pyridine rings is 1. The van der Waals surface area contributed by atoms with Crippen LogP contribution < -0.4 is 5.32 Å². The lowest BCUT2D eigenvalue weighted by atomic mass is 10.1. The van der Waals surface area contributed by atoms with Gasteiger partial charge in [0.25, 0.3) is 5.91 Å². The van der Waals surface area contributed by atoms with Gasteiger partial charge >= 0.3 is 0 Å². The van der Waals surface area contributed by atoms with Crippen LogP contribution in [0, 0.1) is 6.92 Å². The van der Waals surface area contributed by atoms with Gasteiger partial charge in [0.1, 0.15) is 17.4 Å². The third-order valence-electron chi connectivity index (χ3n) is 4.50. The molecule has 1 aromatic carbocycles. The number of hydrogen-bond donors (Lipinski definition) is 1. The van der Waals surface area contributed by atoms with Gasteiger partial charge in [-0.2, -0.15) is 5.10 Å². The van der Waals surface area contributed by atoms with Gasteiger partial charge in [-0.3, -0.25) is 14.5 Å². The van der Waals surface area contributed by atoms with E-state index < -0.39 is 6.04 Å². The van der Waals surface area contributed by atoms with E-state index in [1.807, 2.05) is 56.4 Å². The van der Waals surface area contributed by atoms with E-state index in [-0.39, 0.29) is 5.91 Å². The van der Waals surface area contributed by atoms with Gasteiger partial charge in [0.2, 0.25) is 0 Å². The number of para-hydroxylation sites is 1. The Morgan fingerprint density at radius 1 is 1.19 bits per heavy atom. The molecule has 0 spiro atoms. The molecule has 1 N–H and O–H groups in total. The molecule has 0 fully saturated rings. The van der Waals surface area contributed by atoms with Crippen molar-refractivity contribution in [2.45, 2.75) is 13.0 Å². The lowest BCUT2D eigenvalue weighted by Crippen LogP contribution is -2.29. The molecule has 3 aromatic heterocycles. The van der Waals surface area contributed by atoms with Crippen LogP contribution in [0.15, 0.2) is 65.5 Å². The van der Waals surface area contributed by atoms with Crippen molar-refractivity contribution in [3.63, 3.8) is 0 Å². The van der Waals surface area contributed by atoms with Crippen LogP contribution >= 0.6 is 0 Å². The number of aromatic nitrogens is 3. The van der Waals surface area contributed by atoms with Crippen molar-refractivity contribution >= 4 is 16.9 Å². The smallest absolute Gasteiger partial charge is 0.255 e. The predicted molar refractivity (Wildman–Crippen MR) is 97.7 cm³/mol. The fourth-order valence-electron chi connectivity index (χ4n) is 2.94. The van der Waals surface area contributed by atoms with Crippen LogP contribution in [-0.4, -0.2) is 20.7 Å². The van der Waals surface area contributed by atoms with Crippen LogP contribution in [0.4, 0.5) is 0 Å². The molecule has 0 saturated heterocycles. The number of fused-ring (bicyclic) bond motifs is 1. The highest BCUT2D eigenvalue weighted by atomic mass is 16.3. The van der Waals surface area contributed by atoms with Gasteiger partial charge < -0.3 is 9.73 Å². The highest BCUT2D eigenvalue weighted by Gasteiger charge is 2.23. The van der Waals surface area contributed by atoms with Crippen molar-refractivity contribution in [1.29, 1.82) is 0 Å². The maximum atomic E-state index is 12.8. The van der Waals surface area contributed by atoms with E-state index in [0.717, 1.165) is 22.2 Å². The van der Waals surface area contributed by atoms with Crippen LogP contribution in [0.1, 0.15) is 33.4 Å². The molecular formula is C20H18N4O2. The number of carbonyl (C=O) groups is 1. The average molecular weight is 346 g/mol. The Morgan fingerprint density at radius 2 is 2.04 bits per heavy atom. The van der Waals surface area contributed by atoms with Gasteiger partial charge in [0.05, 0.1) is 11.8 Å². The monoisotopic (exact) mass is 346 g/mol. The molecule has 130 valence electrons. The minimum atomic E-state index is -0.441. The Balaban J connectivity index is 1.74. The van der Waals surface area contributed by atoms with Crippen LogP contribution in [-0.2, 0) is 7.05 Å². The SMILES string of the molecule is Cc1c(C(=O)NC(c2cccnc2)c2cc3ccccc3o2)cnn1C. The quantitative estimate of drug-likeness (QED) is 0.615. The van der Waals surface area contributed by atoms with Gasteiger partial charge in [-0.1, -0.05) is 24.3 Å². The Bertz CT molecular complexity index is 1030. The van der Waals surface area contributed by atoms with Gasteiger partial charge in [-0.25, -0.2) is 0 Å². The zero-order chi connectivity index (χ0) is 18.1. The predicted octanol–water partition coefficient (Wildman–Crippen LogP) is 3.39. The van der Waals surface area contributed by atoms with E-state index in [4.69, 9.17) is 4.42 Å². The molecule has 0 aliphatic heterocycles. The summed E-state index contributed by atoms with van der Waals surface area (Å²) in [6.07, 6.45) is 5.00. The summed E-state index contributed by atoms with van der Waals surface area (Å²) in [6, 6.07) is 13.0. The minimum absolute atomic E-state index is 0.204. The van der Waals surface area contributed by atoms with E-state index in [0.29, 0.717) is 11.3 Å². The second-order valence-electron chi connectivity index (χ2n) is 6.15. The number of carbonyl (C=O) groups excluding carboxylic acids is 1. The zero-order valence-corrected chi connectivity index (χ0v) is 14.5. The number of nitrogens with one attached hydrogen (secondary N) is 1. The highest BCUT2D eigenvalue weighted by molar-refractivity contribution is 5.95. The van der Waals surface area contributed by atoms with Crippen molar-refractivity contribution in [2.24, 2.45) is 7.05 Å². The molecule has 1 unspecified atom stereocenters. The van der Waals surface area contributed by atoms with Gasteiger partial charge in [0, 0.05) is 36.1 Å². The van der Waals surface area contributed by atoms with Crippen LogP contribution in [0.25, 0.3) is 11.0 Å². The summed E-state index contributed by atoms with van der Waals surface area (Å²) in [5.74, 6) is 0.457. The normalized spacial score (nSPS) is 12.2. The molecule has 26 heavy (non-hydrogen) atoms. The molecule has 0 aliphatic rings. The van der Waals surface area contributed by atoms with Crippen LogP contribution in [0.3, 0.4) is 0 Å². The first-order valence-corrected chi connectivity index (χ1v) is 8.31. The van der Waals surface area contributed by atoms with Crippen molar-refractivity contribution in [3.05, 3.63) is 83.6 Å². The summed E-state index contributed by atoms with van der Waals surface area (Å²) < 4.78 is 7.67. The molecule has 0 aliphatic carbocycles. The van der Waals surface area contributed by atoms with Crippen LogP contribution in [0.2, 0.25) is 0 Å². The molecule has 6 heteroatoms. The fourth-order valence-corrected chi connectivity index (χ4v) is 2.94. The highest BCUT2D eigenvalue weighted by Crippen LogP contribution is 2.28. The van der Waals surface area contributed by atoms with Gasteiger partial charge in [-0.15, -0.1) is 0 Å².